The Morgan fingerprint density at radius 1 is 1.32 bits per heavy atom. The van der Waals surface area contributed by atoms with Gasteiger partial charge in [-0.15, -0.1) is 0 Å². The van der Waals surface area contributed by atoms with E-state index in [1.54, 1.807) is 16.9 Å². The minimum absolute atomic E-state index is 0.173. The van der Waals surface area contributed by atoms with Crippen molar-refractivity contribution in [3.05, 3.63) is 46.9 Å². The van der Waals surface area contributed by atoms with Gasteiger partial charge in [0.15, 0.2) is 6.61 Å². The highest BCUT2D eigenvalue weighted by Crippen LogP contribution is 2.31. The standard InChI is InChI=1S/C17H17ClFN3O3/c18-11-5-6-13(14(19)9-11)17(24)25-10-16(23)21-15-7-8-20-22(15)12-3-1-2-4-12/h5-9,12H,1-4,10H2,(H,21,23). The summed E-state index contributed by atoms with van der Waals surface area (Å²) in [6.45, 7) is -0.517. The Morgan fingerprint density at radius 2 is 2.08 bits per heavy atom. The monoisotopic (exact) mass is 365 g/mol. The summed E-state index contributed by atoms with van der Waals surface area (Å²) in [5.74, 6) is -1.67. The summed E-state index contributed by atoms with van der Waals surface area (Å²) >= 11 is 5.63. The molecular formula is C17H17ClFN3O3. The summed E-state index contributed by atoms with van der Waals surface area (Å²) in [5, 5.41) is 7.09. The zero-order valence-corrected chi connectivity index (χ0v) is 14.1. The van der Waals surface area contributed by atoms with Crippen molar-refractivity contribution in [2.24, 2.45) is 0 Å². The first-order valence-corrected chi connectivity index (χ1v) is 8.38. The van der Waals surface area contributed by atoms with E-state index in [1.165, 1.54) is 12.1 Å². The summed E-state index contributed by atoms with van der Waals surface area (Å²) in [6.07, 6.45) is 5.94. The van der Waals surface area contributed by atoms with Crippen molar-refractivity contribution in [1.82, 2.24) is 9.78 Å². The van der Waals surface area contributed by atoms with Crippen LogP contribution in [0.5, 0.6) is 0 Å². The van der Waals surface area contributed by atoms with Crippen molar-refractivity contribution in [3.8, 4) is 0 Å². The number of ether oxygens (including phenoxy) is 1. The van der Waals surface area contributed by atoms with Gasteiger partial charge in [0.1, 0.15) is 11.6 Å². The van der Waals surface area contributed by atoms with E-state index in [0.29, 0.717) is 5.82 Å². The molecule has 0 bridgehead atoms. The molecule has 0 aliphatic heterocycles. The molecule has 25 heavy (non-hydrogen) atoms. The van der Waals surface area contributed by atoms with Gasteiger partial charge in [-0.25, -0.2) is 13.9 Å². The van der Waals surface area contributed by atoms with Crippen molar-refractivity contribution in [2.75, 3.05) is 11.9 Å². The maximum Gasteiger partial charge on any atom is 0.341 e. The average Bonchev–Trinajstić information content (AvgIpc) is 3.23. The SMILES string of the molecule is O=C(COC(=O)c1ccc(Cl)cc1F)Nc1ccnn1C1CCCC1. The lowest BCUT2D eigenvalue weighted by molar-refractivity contribution is -0.119. The molecule has 8 heteroatoms. The number of carbonyl (C=O) groups is 2. The number of aromatic nitrogens is 2. The maximum atomic E-state index is 13.7. The molecule has 1 heterocycles. The Kier molecular flexibility index (Phi) is 5.33. The van der Waals surface area contributed by atoms with E-state index in [-0.39, 0.29) is 16.6 Å². The summed E-state index contributed by atoms with van der Waals surface area (Å²) in [5.41, 5.74) is -0.270. The topological polar surface area (TPSA) is 73.2 Å². The van der Waals surface area contributed by atoms with Crippen LogP contribution in [0.15, 0.2) is 30.5 Å². The molecule has 0 unspecified atom stereocenters. The number of esters is 1. The Bertz CT molecular complexity index is 787. The normalized spacial score (nSPS) is 14.5. The molecule has 1 aliphatic rings. The van der Waals surface area contributed by atoms with E-state index in [4.69, 9.17) is 16.3 Å². The first kappa shape index (κ1) is 17.4. The lowest BCUT2D eigenvalue weighted by Crippen LogP contribution is -2.23. The van der Waals surface area contributed by atoms with E-state index in [0.717, 1.165) is 31.7 Å². The van der Waals surface area contributed by atoms with Crippen LogP contribution in [-0.4, -0.2) is 28.3 Å². The van der Waals surface area contributed by atoms with Crippen LogP contribution in [0.1, 0.15) is 42.1 Å². The van der Waals surface area contributed by atoms with Gasteiger partial charge in [-0.1, -0.05) is 24.4 Å². The van der Waals surface area contributed by atoms with Crippen LogP contribution in [0, 0.1) is 5.82 Å². The van der Waals surface area contributed by atoms with Crippen molar-refractivity contribution < 1.29 is 18.7 Å². The van der Waals surface area contributed by atoms with Gasteiger partial charge >= 0.3 is 5.97 Å². The summed E-state index contributed by atoms with van der Waals surface area (Å²) in [4.78, 5) is 23.9. The fraction of sp³-hybridized carbons (Fsp3) is 0.353. The number of nitrogens with one attached hydrogen (secondary N) is 1. The van der Waals surface area contributed by atoms with Crippen LogP contribution >= 0.6 is 11.6 Å². The minimum atomic E-state index is -0.923. The molecule has 1 N–H and O–H groups in total. The lowest BCUT2D eigenvalue weighted by Gasteiger charge is -2.14. The van der Waals surface area contributed by atoms with E-state index in [1.807, 2.05) is 0 Å². The minimum Gasteiger partial charge on any atom is -0.452 e. The fourth-order valence-corrected chi connectivity index (χ4v) is 3.05. The second kappa shape index (κ2) is 7.65. The molecular weight excluding hydrogens is 349 g/mol. The van der Waals surface area contributed by atoms with Gasteiger partial charge in [-0.3, -0.25) is 4.79 Å². The molecule has 0 saturated heterocycles. The number of hydrogen-bond acceptors (Lipinski definition) is 4. The molecule has 1 fully saturated rings. The molecule has 1 aromatic carbocycles. The van der Waals surface area contributed by atoms with Crippen LogP contribution in [0.25, 0.3) is 0 Å². The molecule has 0 spiro atoms. The zero-order valence-electron chi connectivity index (χ0n) is 13.4. The van der Waals surface area contributed by atoms with Gasteiger partial charge in [0, 0.05) is 11.1 Å². The smallest absolute Gasteiger partial charge is 0.341 e. The number of rotatable bonds is 5. The third-order valence-electron chi connectivity index (χ3n) is 4.09. The second-order valence-electron chi connectivity index (χ2n) is 5.85. The molecule has 0 atom stereocenters. The molecule has 1 aromatic heterocycles. The third-order valence-corrected chi connectivity index (χ3v) is 4.33. The van der Waals surface area contributed by atoms with Crippen LogP contribution < -0.4 is 5.32 Å². The predicted octanol–water partition coefficient (Wildman–Crippen LogP) is 3.59. The van der Waals surface area contributed by atoms with Crippen LogP contribution in [0.3, 0.4) is 0 Å². The number of amides is 1. The number of hydrogen-bond donors (Lipinski definition) is 1. The predicted molar refractivity (Wildman–Crippen MR) is 90.1 cm³/mol. The molecule has 3 rings (SSSR count). The first-order valence-electron chi connectivity index (χ1n) is 8.00. The van der Waals surface area contributed by atoms with Crippen LogP contribution in [0.4, 0.5) is 10.2 Å². The molecule has 1 saturated carbocycles. The zero-order chi connectivity index (χ0) is 17.8. The summed E-state index contributed by atoms with van der Waals surface area (Å²) in [7, 11) is 0. The van der Waals surface area contributed by atoms with Gasteiger partial charge in [-0.2, -0.15) is 5.10 Å². The molecule has 0 radical (unpaired) electrons. The Morgan fingerprint density at radius 3 is 2.80 bits per heavy atom. The van der Waals surface area contributed by atoms with Gasteiger partial charge in [-0.05, 0) is 31.0 Å². The summed E-state index contributed by atoms with van der Waals surface area (Å²) in [6, 6.07) is 5.57. The van der Waals surface area contributed by atoms with E-state index < -0.39 is 24.3 Å². The van der Waals surface area contributed by atoms with Gasteiger partial charge in [0.25, 0.3) is 5.91 Å². The molecule has 132 valence electrons. The number of halogens is 2. The highest BCUT2D eigenvalue weighted by molar-refractivity contribution is 6.30. The van der Waals surface area contributed by atoms with E-state index >= 15 is 0 Å². The fourth-order valence-electron chi connectivity index (χ4n) is 2.90. The van der Waals surface area contributed by atoms with E-state index in [9.17, 15) is 14.0 Å². The van der Waals surface area contributed by atoms with Gasteiger partial charge in [0.05, 0.1) is 17.8 Å². The number of anilines is 1. The van der Waals surface area contributed by atoms with Crippen molar-refractivity contribution >= 4 is 29.3 Å². The van der Waals surface area contributed by atoms with E-state index in [2.05, 4.69) is 10.4 Å². The first-order chi connectivity index (χ1) is 12.0. The number of nitrogens with zero attached hydrogens (tertiary/aromatic N) is 2. The highest BCUT2D eigenvalue weighted by Gasteiger charge is 2.21. The van der Waals surface area contributed by atoms with Crippen molar-refractivity contribution in [3.63, 3.8) is 0 Å². The Hall–Kier alpha value is -2.41. The van der Waals surface area contributed by atoms with Crippen LogP contribution in [0.2, 0.25) is 5.02 Å². The maximum absolute atomic E-state index is 13.7. The average molecular weight is 366 g/mol. The van der Waals surface area contributed by atoms with Crippen LogP contribution in [-0.2, 0) is 9.53 Å². The van der Waals surface area contributed by atoms with Crippen molar-refractivity contribution in [2.45, 2.75) is 31.7 Å². The van der Waals surface area contributed by atoms with Gasteiger partial charge in [0.2, 0.25) is 0 Å². The van der Waals surface area contributed by atoms with Crippen molar-refractivity contribution in [1.29, 1.82) is 0 Å². The lowest BCUT2D eigenvalue weighted by atomic mass is 10.2. The number of benzene rings is 1. The molecule has 6 nitrogen and oxygen atoms in total. The quantitative estimate of drug-likeness (QED) is 0.822. The second-order valence-corrected chi connectivity index (χ2v) is 6.28. The number of carbonyl (C=O) groups excluding carboxylic acids is 2. The largest absolute Gasteiger partial charge is 0.452 e. The molecule has 2 aromatic rings. The molecule has 1 aliphatic carbocycles. The highest BCUT2D eigenvalue weighted by atomic mass is 35.5. The Balaban J connectivity index is 1.56. The Labute approximate surface area is 148 Å². The molecule has 1 amide bonds. The summed E-state index contributed by atoms with van der Waals surface area (Å²) < 4.78 is 20.3. The van der Waals surface area contributed by atoms with Gasteiger partial charge < -0.3 is 10.1 Å². The third kappa shape index (κ3) is 4.17.